The fraction of sp³-hybridized carbons (Fsp3) is 0.423. The smallest absolute Gasteiger partial charge is 0.254 e. The summed E-state index contributed by atoms with van der Waals surface area (Å²) in [6, 6.07) is 7.52. The van der Waals surface area contributed by atoms with Gasteiger partial charge in [-0.2, -0.15) is 5.26 Å². The first-order valence-electron chi connectivity index (χ1n) is 11.8. The maximum atomic E-state index is 12.9. The fourth-order valence-electron chi connectivity index (χ4n) is 4.49. The monoisotopic (exact) mass is 474 g/mol. The van der Waals surface area contributed by atoms with Gasteiger partial charge in [0.1, 0.15) is 11.9 Å². The quantitative estimate of drug-likeness (QED) is 0.542. The second-order valence-corrected chi connectivity index (χ2v) is 8.86. The van der Waals surface area contributed by atoms with Gasteiger partial charge in [0.25, 0.3) is 5.91 Å². The van der Waals surface area contributed by atoms with Gasteiger partial charge in [0.05, 0.1) is 35.7 Å². The Kier molecular flexibility index (Phi) is 7.42. The van der Waals surface area contributed by atoms with Crippen LogP contribution in [0.1, 0.15) is 43.4 Å². The SMILES string of the molecule is C=CC(=O)N(c1ccncc1)c1cc(C#N)c(N2CCN(C(=O)CCOC)C(C)C2)nc1C1CC1. The first kappa shape index (κ1) is 24.4. The first-order valence-corrected chi connectivity index (χ1v) is 11.8. The molecule has 182 valence electrons. The number of carbonyl (C=O) groups excluding carboxylic acids is 2. The highest BCUT2D eigenvalue weighted by atomic mass is 16.5. The van der Waals surface area contributed by atoms with Gasteiger partial charge in [0.2, 0.25) is 5.91 Å². The van der Waals surface area contributed by atoms with Crippen LogP contribution in [0, 0.1) is 11.3 Å². The van der Waals surface area contributed by atoms with Crippen LogP contribution in [0.4, 0.5) is 17.2 Å². The van der Waals surface area contributed by atoms with E-state index in [-0.39, 0.29) is 23.8 Å². The number of carbonyl (C=O) groups is 2. The number of pyridine rings is 2. The molecule has 2 amide bonds. The summed E-state index contributed by atoms with van der Waals surface area (Å²) in [7, 11) is 1.59. The fourth-order valence-corrected chi connectivity index (χ4v) is 4.49. The number of rotatable bonds is 8. The van der Waals surface area contributed by atoms with E-state index in [0.29, 0.717) is 55.4 Å². The standard InChI is InChI=1S/C26H30N6O3/c1-4-23(33)32(21-7-10-28-11-8-21)22-15-20(16-27)26(29-25(22)19-5-6-19)30-12-13-31(18(2)17-30)24(34)9-14-35-3/h4,7-8,10-11,15,18-19H,1,5-6,9,12-14,17H2,2-3H3. The molecule has 0 spiro atoms. The minimum Gasteiger partial charge on any atom is -0.384 e. The summed E-state index contributed by atoms with van der Waals surface area (Å²) in [5.74, 6) is 0.605. The summed E-state index contributed by atoms with van der Waals surface area (Å²) in [6.45, 7) is 7.77. The van der Waals surface area contributed by atoms with Gasteiger partial charge < -0.3 is 14.5 Å². The first-order chi connectivity index (χ1) is 17.0. The Morgan fingerprint density at radius 3 is 2.66 bits per heavy atom. The number of aromatic nitrogens is 2. The lowest BCUT2D eigenvalue weighted by Crippen LogP contribution is -2.54. The van der Waals surface area contributed by atoms with Crippen LogP contribution in [-0.2, 0) is 14.3 Å². The minimum absolute atomic E-state index is 0.0267. The molecular weight excluding hydrogens is 444 g/mol. The lowest BCUT2D eigenvalue weighted by molar-refractivity contribution is -0.134. The van der Waals surface area contributed by atoms with E-state index >= 15 is 0 Å². The van der Waals surface area contributed by atoms with Crippen LogP contribution >= 0.6 is 0 Å². The second kappa shape index (κ2) is 10.7. The largest absolute Gasteiger partial charge is 0.384 e. The van der Waals surface area contributed by atoms with Crippen LogP contribution in [0.3, 0.4) is 0 Å². The van der Waals surface area contributed by atoms with Gasteiger partial charge in [-0.15, -0.1) is 0 Å². The van der Waals surface area contributed by atoms with Crippen molar-refractivity contribution in [3.63, 3.8) is 0 Å². The number of methoxy groups -OCH3 is 1. The molecule has 9 heteroatoms. The third-order valence-corrected chi connectivity index (χ3v) is 6.42. The van der Waals surface area contributed by atoms with Crippen LogP contribution in [0.2, 0.25) is 0 Å². The van der Waals surface area contributed by atoms with Crippen molar-refractivity contribution in [2.45, 2.75) is 38.1 Å². The second-order valence-electron chi connectivity index (χ2n) is 8.86. The van der Waals surface area contributed by atoms with E-state index in [9.17, 15) is 14.9 Å². The number of hydrogen-bond acceptors (Lipinski definition) is 7. The zero-order chi connectivity index (χ0) is 24.9. The molecule has 2 aliphatic rings. The summed E-state index contributed by atoms with van der Waals surface area (Å²) in [5.41, 5.74) is 2.44. The van der Waals surface area contributed by atoms with Crippen molar-refractivity contribution in [1.29, 1.82) is 5.26 Å². The zero-order valence-corrected chi connectivity index (χ0v) is 20.2. The molecule has 0 radical (unpaired) electrons. The van der Waals surface area contributed by atoms with E-state index < -0.39 is 0 Å². The molecule has 1 saturated heterocycles. The van der Waals surface area contributed by atoms with Crippen molar-refractivity contribution >= 4 is 29.0 Å². The molecule has 1 aliphatic carbocycles. The van der Waals surface area contributed by atoms with Gasteiger partial charge in [0, 0.05) is 51.1 Å². The number of amides is 2. The Bertz CT molecular complexity index is 1140. The predicted octanol–water partition coefficient (Wildman–Crippen LogP) is 3.15. The molecular formula is C26H30N6O3. The molecule has 0 bridgehead atoms. The molecule has 2 aromatic rings. The molecule has 2 fully saturated rings. The zero-order valence-electron chi connectivity index (χ0n) is 20.2. The molecule has 35 heavy (non-hydrogen) atoms. The molecule has 0 aromatic carbocycles. The maximum Gasteiger partial charge on any atom is 0.254 e. The van der Waals surface area contributed by atoms with Crippen LogP contribution < -0.4 is 9.80 Å². The molecule has 1 atom stereocenters. The van der Waals surface area contributed by atoms with Crippen LogP contribution in [0.25, 0.3) is 0 Å². The number of hydrogen-bond donors (Lipinski definition) is 0. The summed E-state index contributed by atoms with van der Waals surface area (Å²) in [4.78, 5) is 40.0. The Hall–Kier alpha value is -3.77. The average molecular weight is 475 g/mol. The molecule has 1 saturated carbocycles. The summed E-state index contributed by atoms with van der Waals surface area (Å²) < 4.78 is 5.05. The number of ether oxygens (including phenoxy) is 1. The Labute approximate surface area is 205 Å². The summed E-state index contributed by atoms with van der Waals surface area (Å²) >= 11 is 0. The lowest BCUT2D eigenvalue weighted by atomic mass is 10.1. The van der Waals surface area contributed by atoms with Gasteiger partial charge in [-0.25, -0.2) is 4.98 Å². The molecule has 9 nitrogen and oxygen atoms in total. The highest BCUT2D eigenvalue weighted by Gasteiger charge is 2.35. The van der Waals surface area contributed by atoms with Gasteiger partial charge in [-0.3, -0.25) is 19.5 Å². The Morgan fingerprint density at radius 2 is 2.06 bits per heavy atom. The van der Waals surface area contributed by atoms with E-state index in [1.165, 1.54) is 6.08 Å². The maximum absolute atomic E-state index is 12.9. The number of nitrogens with zero attached hydrogens (tertiary/aromatic N) is 6. The third-order valence-electron chi connectivity index (χ3n) is 6.42. The summed E-state index contributed by atoms with van der Waals surface area (Å²) in [5, 5.41) is 10.0. The van der Waals surface area contributed by atoms with Gasteiger partial charge >= 0.3 is 0 Å². The highest BCUT2D eigenvalue weighted by molar-refractivity contribution is 6.07. The Morgan fingerprint density at radius 1 is 1.31 bits per heavy atom. The van der Waals surface area contributed by atoms with Crippen LogP contribution in [0.15, 0.2) is 43.2 Å². The summed E-state index contributed by atoms with van der Waals surface area (Å²) in [6.07, 6.45) is 6.82. The molecule has 4 rings (SSSR count). The van der Waals surface area contributed by atoms with Gasteiger partial charge in [-0.1, -0.05) is 6.58 Å². The van der Waals surface area contributed by atoms with Crippen molar-refractivity contribution in [2.24, 2.45) is 0 Å². The topological polar surface area (TPSA) is 103 Å². The molecule has 3 heterocycles. The van der Waals surface area contributed by atoms with E-state index in [4.69, 9.17) is 9.72 Å². The van der Waals surface area contributed by atoms with Crippen molar-refractivity contribution in [2.75, 3.05) is 43.2 Å². The van der Waals surface area contributed by atoms with Gasteiger partial charge in [0.15, 0.2) is 0 Å². The van der Waals surface area contributed by atoms with E-state index in [1.807, 2.05) is 11.8 Å². The highest BCUT2D eigenvalue weighted by Crippen LogP contribution is 2.46. The molecule has 0 N–H and O–H groups in total. The lowest BCUT2D eigenvalue weighted by Gasteiger charge is -2.41. The number of nitriles is 1. The molecule has 1 aliphatic heterocycles. The molecule has 2 aromatic heterocycles. The predicted molar refractivity (Wildman–Crippen MR) is 132 cm³/mol. The van der Waals surface area contributed by atoms with Crippen molar-refractivity contribution < 1.29 is 14.3 Å². The average Bonchev–Trinajstić information content (AvgIpc) is 3.73. The molecule has 1 unspecified atom stereocenters. The van der Waals surface area contributed by atoms with E-state index in [0.717, 1.165) is 18.5 Å². The van der Waals surface area contributed by atoms with E-state index in [1.54, 1.807) is 42.6 Å². The van der Waals surface area contributed by atoms with Crippen LogP contribution in [0.5, 0.6) is 0 Å². The van der Waals surface area contributed by atoms with Crippen LogP contribution in [-0.4, -0.2) is 66.1 Å². The van der Waals surface area contributed by atoms with Crippen molar-refractivity contribution in [3.8, 4) is 6.07 Å². The number of anilines is 3. The van der Waals surface area contributed by atoms with Crippen molar-refractivity contribution in [1.82, 2.24) is 14.9 Å². The normalized spacial score (nSPS) is 17.6. The minimum atomic E-state index is -0.298. The van der Waals surface area contributed by atoms with Gasteiger partial charge in [-0.05, 0) is 44.0 Å². The Balaban J connectivity index is 1.69. The third kappa shape index (κ3) is 5.17. The van der Waals surface area contributed by atoms with E-state index in [2.05, 4.69) is 22.5 Å². The van der Waals surface area contributed by atoms with Crippen molar-refractivity contribution in [3.05, 3.63) is 54.5 Å². The number of piperazine rings is 1.